The van der Waals surface area contributed by atoms with Crippen LogP contribution in [0.4, 0.5) is 22.0 Å². The van der Waals surface area contributed by atoms with E-state index in [4.69, 9.17) is 0 Å². The number of aromatic nitrogens is 2. The molecule has 0 aliphatic carbocycles. The summed E-state index contributed by atoms with van der Waals surface area (Å²) in [6.45, 7) is 6.32. The second-order valence-electron chi connectivity index (χ2n) is 9.62. The van der Waals surface area contributed by atoms with E-state index in [9.17, 15) is 36.3 Å². The third-order valence-corrected chi connectivity index (χ3v) is 6.92. The Balaban J connectivity index is 1.49. The molecule has 2 aliphatic rings. The number of alkyl halides is 3. The highest BCUT2D eigenvalue weighted by molar-refractivity contribution is 6.09. The Hall–Kier alpha value is -4.55. The Morgan fingerprint density at radius 1 is 0.875 bits per heavy atom. The smallest absolute Gasteiger partial charge is 0.346 e. The van der Waals surface area contributed by atoms with E-state index in [1.54, 1.807) is 18.2 Å². The number of likely N-dealkylation sites (tertiary alicyclic amines) is 2. The minimum Gasteiger partial charge on any atom is -0.346 e. The van der Waals surface area contributed by atoms with Crippen LogP contribution in [0.2, 0.25) is 0 Å². The molecule has 0 unspecified atom stereocenters. The molecule has 2 saturated heterocycles. The van der Waals surface area contributed by atoms with Crippen LogP contribution in [0.15, 0.2) is 67.3 Å². The first kappa shape index (κ1) is 27.0. The maximum atomic E-state index is 13.4. The summed E-state index contributed by atoms with van der Waals surface area (Å²) in [6, 6.07) is 8.36. The Morgan fingerprint density at radius 3 is 2.00 bits per heavy atom. The summed E-state index contributed by atoms with van der Waals surface area (Å²) in [5.74, 6) is -4.44. The summed E-state index contributed by atoms with van der Waals surface area (Å²) < 4.78 is 67.3. The standard InChI is InChI=1S/C27H22F5N5O3/c1-14(28)25(39)35-10-18(11-35)33-24(38)21-5-3-4-20-22(16-6-8-17(9-7-16)27(30,31)32)34-37(23(20)21)19-12-36(13-19)26(40)15(2)29/h3-9,18-19H,1-2,10-13H2,(H,33,38). The monoisotopic (exact) mass is 559 g/mol. The van der Waals surface area contributed by atoms with Crippen molar-refractivity contribution in [2.75, 3.05) is 26.2 Å². The van der Waals surface area contributed by atoms with Crippen LogP contribution in [-0.2, 0) is 15.8 Å². The van der Waals surface area contributed by atoms with E-state index in [1.807, 2.05) is 0 Å². The molecule has 3 aromatic rings. The molecule has 5 rings (SSSR count). The lowest BCUT2D eigenvalue weighted by molar-refractivity contribution is -0.137. The summed E-state index contributed by atoms with van der Waals surface area (Å²) in [4.78, 5) is 39.4. The van der Waals surface area contributed by atoms with Crippen molar-refractivity contribution in [1.29, 1.82) is 0 Å². The normalized spacial score (nSPS) is 15.9. The van der Waals surface area contributed by atoms with Crippen LogP contribution in [-0.4, -0.2) is 69.5 Å². The highest BCUT2D eigenvalue weighted by Crippen LogP contribution is 2.36. The number of nitrogens with one attached hydrogen (secondary N) is 1. The lowest BCUT2D eigenvalue weighted by Crippen LogP contribution is -2.61. The molecule has 0 saturated carbocycles. The average molecular weight is 559 g/mol. The molecule has 40 heavy (non-hydrogen) atoms. The predicted octanol–water partition coefficient (Wildman–Crippen LogP) is 4.01. The van der Waals surface area contributed by atoms with Crippen molar-refractivity contribution in [3.63, 3.8) is 0 Å². The first-order valence-corrected chi connectivity index (χ1v) is 12.1. The fraction of sp³-hybridized carbons (Fsp3) is 0.259. The van der Waals surface area contributed by atoms with E-state index in [1.165, 1.54) is 26.6 Å². The van der Waals surface area contributed by atoms with Crippen molar-refractivity contribution in [3.8, 4) is 11.3 Å². The van der Waals surface area contributed by atoms with Crippen LogP contribution in [0.3, 0.4) is 0 Å². The molecular formula is C27H22F5N5O3. The van der Waals surface area contributed by atoms with Gasteiger partial charge in [0.15, 0.2) is 11.7 Å². The third-order valence-electron chi connectivity index (χ3n) is 6.92. The highest BCUT2D eigenvalue weighted by atomic mass is 19.4. The maximum Gasteiger partial charge on any atom is 0.416 e. The van der Waals surface area contributed by atoms with Crippen molar-refractivity contribution in [2.45, 2.75) is 18.3 Å². The Bertz CT molecular complexity index is 1550. The summed E-state index contributed by atoms with van der Waals surface area (Å²) >= 11 is 0. The van der Waals surface area contributed by atoms with Gasteiger partial charge in [-0.3, -0.25) is 19.1 Å². The Morgan fingerprint density at radius 2 is 1.45 bits per heavy atom. The van der Waals surface area contributed by atoms with Gasteiger partial charge in [-0.05, 0) is 18.2 Å². The minimum atomic E-state index is -4.52. The van der Waals surface area contributed by atoms with E-state index in [-0.39, 0.29) is 31.7 Å². The number of amides is 3. The number of fused-ring (bicyclic) bond motifs is 1. The lowest BCUT2D eigenvalue weighted by Gasteiger charge is -2.39. The van der Waals surface area contributed by atoms with Crippen LogP contribution in [0.5, 0.6) is 0 Å². The van der Waals surface area contributed by atoms with Gasteiger partial charge in [0.25, 0.3) is 17.7 Å². The SMILES string of the molecule is C=C(F)C(=O)N1CC(NC(=O)c2cccc3c(-c4ccc(C(F)(F)F)cc4)nn(C4CN(C(=O)C(=C)F)C4)c23)C1. The fourth-order valence-electron chi connectivity index (χ4n) is 4.79. The molecule has 208 valence electrons. The molecule has 3 heterocycles. The van der Waals surface area contributed by atoms with E-state index < -0.39 is 53.2 Å². The van der Waals surface area contributed by atoms with Gasteiger partial charge in [-0.25, -0.2) is 8.78 Å². The molecule has 1 N–H and O–H groups in total. The van der Waals surface area contributed by atoms with E-state index in [2.05, 4.69) is 23.6 Å². The number of carbonyl (C=O) groups is 3. The van der Waals surface area contributed by atoms with E-state index in [0.29, 0.717) is 22.2 Å². The number of rotatable bonds is 6. The number of para-hydroxylation sites is 1. The average Bonchev–Trinajstić information content (AvgIpc) is 3.23. The van der Waals surface area contributed by atoms with Gasteiger partial charge in [-0.1, -0.05) is 37.4 Å². The fourth-order valence-corrected chi connectivity index (χ4v) is 4.79. The van der Waals surface area contributed by atoms with E-state index >= 15 is 0 Å². The largest absolute Gasteiger partial charge is 0.416 e. The van der Waals surface area contributed by atoms with Gasteiger partial charge < -0.3 is 15.1 Å². The van der Waals surface area contributed by atoms with Crippen LogP contribution in [0, 0.1) is 0 Å². The molecule has 0 spiro atoms. The summed E-state index contributed by atoms with van der Waals surface area (Å²) in [6.07, 6.45) is -4.52. The maximum absolute atomic E-state index is 13.4. The van der Waals surface area contributed by atoms with Gasteiger partial charge in [0.05, 0.1) is 28.7 Å². The molecule has 13 heteroatoms. The van der Waals surface area contributed by atoms with Crippen LogP contribution in [0.1, 0.15) is 22.0 Å². The molecule has 0 atom stereocenters. The van der Waals surface area contributed by atoms with Gasteiger partial charge in [-0.15, -0.1) is 0 Å². The van der Waals surface area contributed by atoms with Crippen molar-refractivity contribution in [2.24, 2.45) is 0 Å². The van der Waals surface area contributed by atoms with Gasteiger partial charge in [0.1, 0.15) is 5.69 Å². The van der Waals surface area contributed by atoms with Crippen LogP contribution >= 0.6 is 0 Å². The first-order chi connectivity index (χ1) is 18.8. The Labute approximate surface area is 224 Å². The zero-order valence-corrected chi connectivity index (χ0v) is 20.8. The topological polar surface area (TPSA) is 87.5 Å². The zero-order chi connectivity index (χ0) is 28.9. The summed E-state index contributed by atoms with van der Waals surface area (Å²) in [7, 11) is 0. The molecule has 0 bridgehead atoms. The van der Waals surface area contributed by atoms with Crippen molar-refractivity contribution in [3.05, 3.63) is 78.4 Å². The molecule has 0 radical (unpaired) electrons. The molecule has 2 fully saturated rings. The van der Waals surface area contributed by atoms with Crippen molar-refractivity contribution >= 4 is 28.6 Å². The Kier molecular flexibility index (Phi) is 6.68. The number of benzene rings is 2. The summed E-state index contributed by atoms with van der Waals surface area (Å²) in [5, 5.41) is 7.89. The zero-order valence-electron chi connectivity index (χ0n) is 20.8. The second-order valence-corrected chi connectivity index (χ2v) is 9.62. The summed E-state index contributed by atoms with van der Waals surface area (Å²) in [5.41, 5.74) is 0.431. The minimum absolute atomic E-state index is 0.0772. The predicted molar refractivity (Wildman–Crippen MR) is 134 cm³/mol. The number of hydrogen-bond donors (Lipinski definition) is 1. The highest BCUT2D eigenvalue weighted by Gasteiger charge is 2.37. The van der Waals surface area contributed by atoms with Crippen molar-refractivity contribution in [1.82, 2.24) is 24.9 Å². The quantitative estimate of drug-likeness (QED) is 0.365. The number of carbonyl (C=O) groups excluding carboxylic acids is 3. The van der Waals surface area contributed by atoms with Crippen LogP contribution < -0.4 is 5.32 Å². The second kappa shape index (κ2) is 9.88. The number of halogens is 5. The number of hydrogen-bond acceptors (Lipinski definition) is 4. The van der Waals surface area contributed by atoms with Crippen molar-refractivity contribution < 1.29 is 36.3 Å². The van der Waals surface area contributed by atoms with E-state index in [0.717, 1.165) is 12.1 Å². The lowest BCUT2D eigenvalue weighted by atomic mass is 10.0. The molecule has 3 amide bonds. The first-order valence-electron chi connectivity index (χ1n) is 12.1. The third kappa shape index (κ3) is 4.82. The van der Waals surface area contributed by atoms with Gasteiger partial charge in [0.2, 0.25) is 0 Å². The molecular weight excluding hydrogens is 537 g/mol. The van der Waals surface area contributed by atoms with Gasteiger partial charge in [-0.2, -0.15) is 18.3 Å². The molecule has 2 aliphatic heterocycles. The van der Waals surface area contributed by atoms with Gasteiger partial charge >= 0.3 is 6.18 Å². The molecule has 1 aromatic heterocycles. The van der Waals surface area contributed by atoms with Crippen LogP contribution in [0.25, 0.3) is 22.2 Å². The molecule has 2 aromatic carbocycles. The van der Waals surface area contributed by atoms with Gasteiger partial charge in [0, 0.05) is 37.1 Å². The molecule has 8 nitrogen and oxygen atoms in total. The number of nitrogens with zero attached hydrogens (tertiary/aromatic N) is 4.